The first-order valence-corrected chi connectivity index (χ1v) is 7.21. The first-order chi connectivity index (χ1) is 9.40. The van der Waals surface area contributed by atoms with Gasteiger partial charge in [0.25, 0.3) is 0 Å². The number of amides is 1. The highest BCUT2D eigenvalue weighted by molar-refractivity contribution is 9.10. The fraction of sp³-hybridized carbons (Fsp3) is 0.429. The van der Waals surface area contributed by atoms with Gasteiger partial charge in [-0.2, -0.15) is 0 Å². The Bertz CT molecular complexity index is 501. The maximum atomic E-state index is 12.0. The minimum atomic E-state index is -0.981. The van der Waals surface area contributed by atoms with E-state index in [2.05, 4.69) is 15.9 Å². The molecule has 1 aromatic rings. The van der Waals surface area contributed by atoms with E-state index in [1.165, 1.54) is 6.07 Å². The summed E-state index contributed by atoms with van der Waals surface area (Å²) in [7, 11) is 1.81. The zero-order valence-electron chi connectivity index (χ0n) is 11.9. The number of carbonyl (C=O) groups excluding carboxylic acids is 1. The smallest absolute Gasteiger partial charge is 0.336 e. The molecule has 0 radical (unpaired) electrons. The zero-order chi connectivity index (χ0) is 15.3. The van der Waals surface area contributed by atoms with E-state index in [0.29, 0.717) is 17.6 Å². The van der Waals surface area contributed by atoms with Crippen LogP contribution in [0, 0.1) is 0 Å². The second-order valence-electron chi connectivity index (χ2n) is 4.39. The standard InChI is InChI=1S/C14H19BrN2O3/c1-4-17(5-2)13(18)9-16(3)10-6-7-11(14(19)20)12(15)8-10/h6-8H,4-5,9H2,1-3H3,(H,19,20). The maximum absolute atomic E-state index is 12.0. The molecule has 110 valence electrons. The van der Waals surface area contributed by atoms with Crippen molar-refractivity contribution in [3.63, 3.8) is 0 Å². The molecule has 1 rings (SSSR count). The molecule has 0 aliphatic rings. The van der Waals surface area contributed by atoms with E-state index in [0.717, 1.165) is 5.69 Å². The number of anilines is 1. The van der Waals surface area contributed by atoms with Gasteiger partial charge in [0, 0.05) is 30.3 Å². The van der Waals surface area contributed by atoms with Crippen LogP contribution in [-0.2, 0) is 4.79 Å². The third-order valence-corrected chi connectivity index (χ3v) is 3.77. The summed E-state index contributed by atoms with van der Waals surface area (Å²) in [6, 6.07) is 4.93. The van der Waals surface area contributed by atoms with E-state index < -0.39 is 5.97 Å². The average Bonchev–Trinajstić information content (AvgIpc) is 2.39. The van der Waals surface area contributed by atoms with Crippen LogP contribution in [0.15, 0.2) is 22.7 Å². The molecule has 0 aromatic heterocycles. The van der Waals surface area contributed by atoms with Crippen molar-refractivity contribution >= 4 is 33.5 Å². The Balaban J connectivity index is 2.83. The van der Waals surface area contributed by atoms with Crippen molar-refractivity contribution in [1.82, 2.24) is 4.90 Å². The number of likely N-dealkylation sites (N-methyl/N-ethyl adjacent to an activating group) is 2. The van der Waals surface area contributed by atoms with Gasteiger partial charge in [0.1, 0.15) is 0 Å². The molecule has 0 aliphatic carbocycles. The number of aromatic carboxylic acids is 1. The molecular formula is C14H19BrN2O3. The Morgan fingerprint density at radius 3 is 2.30 bits per heavy atom. The summed E-state index contributed by atoms with van der Waals surface area (Å²) < 4.78 is 0.504. The molecule has 0 aliphatic heterocycles. The minimum absolute atomic E-state index is 0.0518. The SMILES string of the molecule is CCN(CC)C(=O)CN(C)c1ccc(C(=O)O)c(Br)c1. The number of rotatable bonds is 6. The normalized spacial score (nSPS) is 10.2. The van der Waals surface area contributed by atoms with E-state index in [1.807, 2.05) is 20.9 Å². The largest absolute Gasteiger partial charge is 0.478 e. The van der Waals surface area contributed by atoms with Crippen LogP contribution < -0.4 is 4.90 Å². The Hall–Kier alpha value is -1.56. The van der Waals surface area contributed by atoms with Crippen molar-refractivity contribution in [2.45, 2.75) is 13.8 Å². The quantitative estimate of drug-likeness (QED) is 0.862. The second kappa shape index (κ2) is 7.28. The molecule has 0 saturated heterocycles. The third-order valence-electron chi connectivity index (χ3n) is 3.11. The fourth-order valence-corrected chi connectivity index (χ4v) is 2.42. The number of benzene rings is 1. The molecule has 0 bridgehead atoms. The molecule has 20 heavy (non-hydrogen) atoms. The molecule has 0 heterocycles. The van der Waals surface area contributed by atoms with Crippen molar-refractivity contribution in [3.8, 4) is 0 Å². The fourth-order valence-electron chi connectivity index (χ4n) is 1.89. The van der Waals surface area contributed by atoms with Gasteiger partial charge in [-0.3, -0.25) is 4.79 Å². The van der Waals surface area contributed by atoms with Gasteiger partial charge >= 0.3 is 5.97 Å². The van der Waals surface area contributed by atoms with Gasteiger partial charge in [-0.25, -0.2) is 4.79 Å². The monoisotopic (exact) mass is 342 g/mol. The molecule has 0 fully saturated rings. The van der Waals surface area contributed by atoms with Crippen molar-refractivity contribution in [3.05, 3.63) is 28.2 Å². The van der Waals surface area contributed by atoms with Crippen LogP contribution in [0.25, 0.3) is 0 Å². The van der Waals surface area contributed by atoms with E-state index in [-0.39, 0.29) is 18.0 Å². The number of carbonyl (C=O) groups is 2. The van der Waals surface area contributed by atoms with E-state index in [9.17, 15) is 9.59 Å². The summed E-state index contributed by atoms with van der Waals surface area (Å²) in [5, 5.41) is 8.97. The van der Waals surface area contributed by atoms with Crippen LogP contribution in [0.3, 0.4) is 0 Å². The number of nitrogens with zero attached hydrogens (tertiary/aromatic N) is 2. The molecule has 0 atom stereocenters. The highest BCUT2D eigenvalue weighted by Crippen LogP contribution is 2.23. The van der Waals surface area contributed by atoms with Gasteiger partial charge in [-0.05, 0) is 48.0 Å². The highest BCUT2D eigenvalue weighted by Gasteiger charge is 2.15. The van der Waals surface area contributed by atoms with Crippen molar-refractivity contribution in [2.24, 2.45) is 0 Å². The molecule has 6 heteroatoms. The molecule has 1 N–H and O–H groups in total. The minimum Gasteiger partial charge on any atom is -0.478 e. The molecule has 0 spiro atoms. The number of halogens is 1. The van der Waals surface area contributed by atoms with Crippen LogP contribution >= 0.6 is 15.9 Å². The summed E-state index contributed by atoms with van der Waals surface area (Å²) in [5.41, 5.74) is 1.000. The Morgan fingerprint density at radius 1 is 1.25 bits per heavy atom. The van der Waals surface area contributed by atoms with E-state index >= 15 is 0 Å². The lowest BCUT2D eigenvalue weighted by atomic mass is 10.2. The summed E-state index contributed by atoms with van der Waals surface area (Å²) >= 11 is 3.24. The van der Waals surface area contributed by atoms with Crippen LogP contribution in [0.2, 0.25) is 0 Å². The molecule has 5 nitrogen and oxygen atoms in total. The number of hydrogen-bond acceptors (Lipinski definition) is 3. The van der Waals surface area contributed by atoms with Crippen LogP contribution in [0.4, 0.5) is 5.69 Å². The number of hydrogen-bond donors (Lipinski definition) is 1. The average molecular weight is 343 g/mol. The highest BCUT2D eigenvalue weighted by atomic mass is 79.9. The number of carboxylic acids is 1. The van der Waals surface area contributed by atoms with Crippen LogP contribution in [-0.4, -0.2) is 48.6 Å². The Morgan fingerprint density at radius 2 is 1.85 bits per heavy atom. The molecule has 1 aromatic carbocycles. The van der Waals surface area contributed by atoms with E-state index in [4.69, 9.17) is 5.11 Å². The third kappa shape index (κ3) is 3.96. The van der Waals surface area contributed by atoms with Crippen molar-refractivity contribution < 1.29 is 14.7 Å². The van der Waals surface area contributed by atoms with Crippen molar-refractivity contribution in [2.75, 3.05) is 31.6 Å². The number of carboxylic acid groups (broad SMARTS) is 1. The second-order valence-corrected chi connectivity index (χ2v) is 5.25. The summed E-state index contributed by atoms with van der Waals surface area (Å²) in [6.45, 7) is 5.52. The Kier molecular flexibility index (Phi) is 6.01. The van der Waals surface area contributed by atoms with Crippen LogP contribution in [0.1, 0.15) is 24.2 Å². The van der Waals surface area contributed by atoms with Gasteiger partial charge in [0.05, 0.1) is 12.1 Å². The Labute approximate surface area is 127 Å². The van der Waals surface area contributed by atoms with Crippen molar-refractivity contribution in [1.29, 1.82) is 0 Å². The topological polar surface area (TPSA) is 60.9 Å². The molecule has 0 saturated carbocycles. The summed E-state index contributed by atoms with van der Waals surface area (Å²) in [5.74, 6) is -0.929. The van der Waals surface area contributed by atoms with Crippen LogP contribution in [0.5, 0.6) is 0 Å². The van der Waals surface area contributed by atoms with Gasteiger partial charge in [0.15, 0.2) is 0 Å². The van der Waals surface area contributed by atoms with E-state index in [1.54, 1.807) is 21.9 Å². The lowest BCUT2D eigenvalue weighted by molar-refractivity contribution is -0.129. The lowest BCUT2D eigenvalue weighted by Crippen LogP contribution is -2.38. The zero-order valence-corrected chi connectivity index (χ0v) is 13.5. The first-order valence-electron chi connectivity index (χ1n) is 6.42. The molecule has 1 amide bonds. The maximum Gasteiger partial charge on any atom is 0.336 e. The summed E-state index contributed by atoms with van der Waals surface area (Å²) in [6.07, 6.45) is 0. The predicted octanol–water partition coefficient (Wildman–Crippen LogP) is 2.45. The van der Waals surface area contributed by atoms with Gasteiger partial charge in [-0.1, -0.05) is 0 Å². The molecular weight excluding hydrogens is 324 g/mol. The van der Waals surface area contributed by atoms with Gasteiger partial charge in [0.2, 0.25) is 5.91 Å². The first kappa shape index (κ1) is 16.5. The predicted molar refractivity (Wildman–Crippen MR) is 82.3 cm³/mol. The van der Waals surface area contributed by atoms with Gasteiger partial charge in [-0.15, -0.1) is 0 Å². The van der Waals surface area contributed by atoms with Gasteiger partial charge < -0.3 is 14.9 Å². The molecule has 0 unspecified atom stereocenters. The lowest BCUT2D eigenvalue weighted by Gasteiger charge is -2.24. The summed E-state index contributed by atoms with van der Waals surface area (Å²) in [4.78, 5) is 26.5.